The minimum absolute atomic E-state index is 0.00906. The van der Waals surface area contributed by atoms with Crippen LogP contribution in [0.5, 0.6) is 0 Å². The monoisotopic (exact) mass is 275 g/mol. The molecule has 1 fully saturated rings. The van der Waals surface area contributed by atoms with Crippen LogP contribution in [0.3, 0.4) is 0 Å². The first-order chi connectivity index (χ1) is 9.65. The molecule has 2 rings (SSSR count). The minimum Gasteiger partial charge on any atom is -0.382 e. The summed E-state index contributed by atoms with van der Waals surface area (Å²) in [6.45, 7) is 6.13. The second-order valence-corrected chi connectivity index (χ2v) is 5.73. The van der Waals surface area contributed by atoms with Gasteiger partial charge in [-0.25, -0.2) is 0 Å². The summed E-state index contributed by atoms with van der Waals surface area (Å²) in [5.41, 5.74) is 1.81. The molecule has 1 aromatic carbocycles. The van der Waals surface area contributed by atoms with Gasteiger partial charge >= 0.3 is 0 Å². The third-order valence-electron chi connectivity index (χ3n) is 3.51. The number of rotatable bonds is 4. The summed E-state index contributed by atoms with van der Waals surface area (Å²) >= 11 is 0. The van der Waals surface area contributed by atoms with Crippen molar-refractivity contribution in [3.8, 4) is 0 Å². The Kier molecular flexibility index (Phi) is 5.41. The molecule has 1 amide bonds. The van der Waals surface area contributed by atoms with Crippen molar-refractivity contribution in [1.29, 1.82) is 0 Å². The molecule has 0 aromatic heterocycles. The summed E-state index contributed by atoms with van der Waals surface area (Å²) in [7, 11) is 0. The minimum atomic E-state index is -0.00906. The van der Waals surface area contributed by atoms with Gasteiger partial charge in [0.1, 0.15) is 0 Å². The van der Waals surface area contributed by atoms with E-state index in [0.29, 0.717) is 11.6 Å². The number of hydrogen-bond donors (Lipinski definition) is 3. The van der Waals surface area contributed by atoms with Crippen molar-refractivity contribution in [2.24, 2.45) is 0 Å². The lowest BCUT2D eigenvalue weighted by Crippen LogP contribution is -2.30. The third-order valence-corrected chi connectivity index (χ3v) is 3.51. The largest absolute Gasteiger partial charge is 0.382 e. The van der Waals surface area contributed by atoms with Crippen molar-refractivity contribution in [3.05, 3.63) is 29.8 Å². The maximum Gasteiger partial charge on any atom is 0.251 e. The number of benzene rings is 1. The molecule has 1 saturated heterocycles. The zero-order valence-electron chi connectivity index (χ0n) is 12.4. The Morgan fingerprint density at radius 2 is 1.95 bits per heavy atom. The Morgan fingerprint density at radius 3 is 2.65 bits per heavy atom. The number of carbonyl (C=O) groups is 1. The molecule has 1 heterocycles. The fourth-order valence-electron chi connectivity index (χ4n) is 2.46. The predicted molar refractivity (Wildman–Crippen MR) is 83.2 cm³/mol. The van der Waals surface area contributed by atoms with Crippen molar-refractivity contribution in [2.75, 3.05) is 18.4 Å². The SMILES string of the molecule is CC(C)NC(=O)c1ccc(NC2CCCNCC2)cc1. The molecule has 0 spiro atoms. The van der Waals surface area contributed by atoms with Gasteiger partial charge < -0.3 is 16.0 Å². The van der Waals surface area contributed by atoms with Gasteiger partial charge in [0.05, 0.1) is 0 Å². The van der Waals surface area contributed by atoms with Crippen LogP contribution in [-0.2, 0) is 0 Å². The normalized spacial score (nSPS) is 19.4. The molecule has 1 unspecified atom stereocenters. The third kappa shape index (κ3) is 4.53. The summed E-state index contributed by atoms with van der Waals surface area (Å²) < 4.78 is 0. The van der Waals surface area contributed by atoms with Gasteiger partial charge in [-0.05, 0) is 70.5 Å². The Morgan fingerprint density at radius 1 is 1.20 bits per heavy atom. The maximum atomic E-state index is 11.9. The second kappa shape index (κ2) is 7.29. The summed E-state index contributed by atoms with van der Waals surface area (Å²) in [6, 6.07) is 8.45. The van der Waals surface area contributed by atoms with Crippen LogP contribution in [0, 0.1) is 0 Å². The van der Waals surface area contributed by atoms with E-state index in [9.17, 15) is 4.79 Å². The van der Waals surface area contributed by atoms with Crippen molar-refractivity contribution in [1.82, 2.24) is 10.6 Å². The van der Waals surface area contributed by atoms with Crippen LogP contribution >= 0.6 is 0 Å². The van der Waals surface area contributed by atoms with Gasteiger partial charge in [-0.15, -0.1) is 0 Å². The highest BCUT2D eigenvalue weighted by atomic mass is 16.1. The van der Waals surface area contributed by atoms with E-state index in [1.54, 1.807) is 0 Å². The quantitative estimate of drug-likeness (QED) is 0.791. The van der Waals surface area contributed by atoms with E-state index in [1.165, 1.54) is 12.8 Å². The second-order valence-electron chi connectivity index (χ2n) is 5.73. The lowest BCUT2D eigenvalue weighted by atomic mass is 10.1. The van der Waals surface area contributed by atoms with Gasteiger partial charge in [0.25, 0.3) is 5.91 Å². The zero-order chi connectivity index (χ0) is 14.4. The molecule has 1 aromatic rings. The summed E-state index contributed by atoms with van der Waals surface area (Å²) in [5, 5.41) is 9.87. The van der Waals surface area contributed by atoms with Crippen molar-refractivity contribution in [3.63, 3.8) is 0 Å². The summed E-state index contributed by atoms with van der Waals surface area (Å²) in [6.07, 6.45) is 3.56. The summed E-state index contributed by atoms with van der Waals surface area (Å²) in [4.78, 5) is 11.9. The van der Waals surface area contributed by atoms with E-state index < -0.39 is 0 Å². The molecular weight excluding hydrogens is 250 g/mol. The van der Waals surface area contributed by atoms with Crippen LogP contribution in [0.1, 0.15) is 43.5 Å². The molecule has 1 aliphatic heterocycles. The van der Waals surface area contributed by atoms with Crippen LogP contribution in [0.15, 0.2) is 24.3 Å². The van der Waals surface area contributed by atoms with Gasteiger partial charge in [-0.1, -0.05) is 0 Å². The molecule has 3 N–H and O–H groups in total. The van der Waals surface area contributed by atoms with Crippen LogP contribution in [-0.4, -0.2) is 31.1 Å². The van der Waals surface area contributed by atoms with Gasteiger partial charge in [-0.2, -0.15) is 0 Å². The van der Waals surface area contributed by atoms with Gasteiger partial charge in [0.15, 0.2) is 0 Å². The molecule has 20 heavy (non-hydrogen) atoms. The molecule has 0 saturated carbocycles. The van der Waals surface area contributed by atoms with Gasteiger partial charge in [0.2, 0.25) is 0 Å². The number of hydrogen-bond acceptors (Lipinski definition) is 3. The molecular formula is C16H25N3O. The van der Waals surface area contributed by atoms with E-state index >= 15 is 0 Å². The van der Waals surface area contributed by atoms with Crippen molar-refractivity contribution < 1.29 is 4.79 Å². The van der Waals surface area contributed by atoms with Crippen LogP contribution in [0.25, 0.3) is 0 Å². The van der Waals surface area contributed by atoms with Gasteiger partial charge in [-0.3, -0.25) is 4.79 Å². The zero-order valence-corrected chi connectivity index (χ0v) is 12.4. The van der Waals surface area contributed by atoms with Crippen molar-refractivity contribution in [2.45, 2.75) is 45.2 Å². The van der Waals surface area contributed by atoms with Gasteiger partial charge in [0, 0.05) is 23.3 Å². The van der Waals surface area contributed by atoms with E-state index in [2.05, 4.69) is 16.0 Å². The van der Waals surface area contributed by atoms with Crippen molar-refractivity contribution >= 4 is 11.6 Å². The number of anilines is 1. The van der Waals surface area contributed by atoms with Crippen LogP contribution in [0.2, 0.25) is 0 Å². The first-order valence-electron chi connectivity index (χ1n) is 7.53. The first kappa shape index (κ1) is 14.9. The lowest BCUT2D eigenvalue weighted by molar-refractivity contribution is 0.0943. The fourth-order valence-corrected chi connectivity index (χ4v) is 2.46. The van der Waals surface area contributed by atoms with Crippen LogP contribution < -0.4 is 16.0 Å². The fraction of sp³-hybridized carbons (Fsp3) is 0.562. The number of carbonyl (C=O) groups excluding carboxylic acids is 1. The molecule has 110 valence electrons. The molecule has 0 aliphatic carbocycles. The standard InChI is InChI=1S/C16H25N3O/c1-12(2)18-16(20)13-5-7-15(8-6-13)19-14-4-3-10-17-11-9-14/h5-8,12,14,17,19H,3-4,9-11H2,1-2H3,(H,18,20). The van der Waals surface area contributed by atoms with E-state index in [0.717, 1.165) is 25.2 Å². The summed E-state index contributed by atoms with van der Waals surface area (Å²) in [5.74, 6) is -0.00906. The topological polar surface area (TPSA) is 53.2 Å². The highest BCUT2D eigenvalue weighted by Gasteiger charge is 2.12. The lowest BCUT2D eigenvalue weighted by Gasteiger charge is -2.17. The molecule has 1 atom stereocenters. The first-order valence-corrected chi connectivity index (χ1v) is 7.53. The van der Waals surface area contributed by atoms with E-state index in [1.807, 2.05) is 38.1 Å². The molecule has 0 radical (unpaired) electrons. The number of amides is 1. The Balaban J connectivity index is 1.92. The average Bonchev–Trinajstić information content (AvgIpc) is 2.67. The average molecular weight is 275 g/mol. The number of nitrogens with one attached hydrogen (secondary N) is 3. The van der Waals surface area contributed by atoms with Crippen LogP contribution in [0.4, 0.5) is 5.69 Å². The molecule has 1 aliphatic rings. The van der Waals surface area contributed by atoms with E-state index in [4.69, 9.17) is 0 Å². The highest BCUT2D eigenvalue weighted by Crippen LogP contribution is 2.15. The predicted octanol–water partition coefficient (Wildman–Crippen LogP) is 2.38. The Bertz CT molecular complexity index is 420. The molecule has 0 bridgehead atoms. The van der Waals surface area contributed by atoms with E-state index in [-0.39, 0.29) is 11.9 Å². The smallest absolute Gasteiger partial charge is 0.251 e. The molecule has 4 heteroatoms. The highest BCUT2D eigenvalue weighted by molar-refractivity contribution is 5.94. The Hall–Kier alpha value is -1.55. The Labute approximate surface area is 121 Å². The molecule has 4 nitrogen and oxygen atoms in total. The maximum absolute atomic E-state index is 11.9.